The third-order valence-electron chi connectivity index (χ3n) is 2.44. The first-order valence-electron chi connectivity index (χ1n) is 5.25. The van der Waals surface area contributed by atoms with Crippen LogP contribution in [0.1, 0.15) is 11.3 Å². The van der Waals surface area contributed by atoms with Gasteiger partial charge < -0.3 is 4.74 Å². The molecule has 0 aliphatic heterocycles. The number of pyridine rings is 1. The van der Waals surface area contributed by atoms with Crippen molar-refractivity contribution in [2.75, 3.05) is 7.11 Å². The molecule has 4 nitrogen and oxygen atoms in total. The van der Waals surface area contributed by atoms with Crippen LogP contribution in [0.5, 0.6) is 0 Å². The highest BCUT2D eigenvalue weighted by Gasteiger charge is 2.13. The van der Waals surface area contributed by atoms with Gasteiger partial charge in [0.15, 0.2) is 5.82 Å². The molecule has 0 aromatic carbocycles. The fourth-order valence-corrected chi connectivity index (χ4v) is 1.99. The van der Waals surface area contributed by atoms with Crippen LogP contribution in [0.15, 0.2) is 22.9 Å². The Balaban J connectivity index is 2.56. The Labute approximate surface area is 119 Å². The molecular formula is C12H11BrClN3O. The van der Waals surface area contributed by atoms with E-state index < -0.39 is 0 Å². The monoisotopic (exact) mass is 327 g/mol. The topological polar surface area (TPSA) is 47.9 Å². The number of aromatic nitrogens is 3. The number of hydrogen-bond acceptors (Lipinski definition) is 4. The van der Waals surface area contributed by atoms with Gasteiger partial charge in [-0.25, -0.2) is 9.97 Å². The zero-order chi connectivity index (χ0) is 13.1. The van der Waals surface area contributed by atoms with Crippen molar-refractivity contribution in [2.24, 2.45) is 0 Å². The average molecular weight is 329 g/mol. The number of methoxy groups -OCH3 is 1. The molecule has 0 bridgehead atoms. The zero-order valence-electron chi connectivity index (χ0n) is 9.94. The Hall–Kier alpha value is -1.04. The highest BCUT2D eigenvalue weighted by molar-refractivity contribution is 9.10. The molecule has 0 N–H and O–H groups in total. The molecule has 0 aliphatic carbocycles. The largest absolute Gasteiger partial charge is 0.378 e. The number of ether oxygens (including phenoxy) is 1. The summed E-state index contributed by atoms with van der Waals surface area (Å²) in [4.78, 5) is 12.8. The maximum Gasteiger partial charge on any atom is 0.163 e. The summed E-state index contributed by atoms with van der Waals surface area (Å²) in [5.41, 5.74) is 2.63. The molecule has 2 aromatic rings. The Kier molecular flexibility index (Phi) is 4.27. The molecule has 2 rings (SSSR count). The molecule has 0 radical (unpaired) electrons. The van der Waals surface area contributed by atoms with Crippen LogP contribution in [0.25, 0.3) is 11.4 Å². The van der Waals surface area contributed by atoms with Gasteiger partial charge in [0.1, 0.15) is 5.15 Å². The number of hydrogen-bond donors (Lipinski definition) is 0. The molecular weight excluding hydrogens is 318 g/mol. The van der Waals surface area contributed by atoms with Crippen molar-refractivity contribution in [1.82, 2.24) is 15.0 Å². The normalized spacial score (nSPS) is 10.7. The first-order chi connectivity index (χ1) is 8.63. The van der Waals surface area contributed by atoms with Crippen molar-refractivity contribution in [3.05, 3.63) is 39.3 Å². The van der Waals surface area contributed by atoms with E-state index in [2.05, 4.69) is 30.9 Å². The molecule has 0 atom stereocenters. The third kappa shape index (κ3) is 2.68. The predicted octanol–water partition coefficient (Wildman–Crippen LogP) is 3.41. The first kappa shape index (κ1) is 13.4. The lowest BCUT2D eigenvalue weighted by atomic mass is 10.1. The molecule has 0 fully saturated rings. The van der Waals surface area contributed by atoms with Crippen molar-refractivity contribution >= 4 is 27.5 Å². The van der Waals surface area contributed by atoms with Gasteiger partial charge in [-0.05, 0) is 34.5 Å². The second-order valence-electron chi connectivity index (χ2n) is 3.72. The van der Waals surface area contributed by atoms with Crippen LogP contribution in [0.3, 0.4) is 0 Å². The van der Waals surface area contributed by atoms with Crippen LogP contribution >= 0.6 is 27.5 Å². The fraction of sp³-hybridized carbons (Fsp3) is 0.250. The number of aryl methyl sites for hydroxylation is 1. The number of rotatable bonds is 3. The van der Waals surface area contributed by atoms with Crippen molar-refractivity contribution in [3.63, 3.8) is 0 Å². The summed E-state index contributed by atoms with van der Waals surface area (Å²) in [5.74, 6) is 0.556. The maximum absolute atomic E-state index is 6.08. The van der Waals surface area contributed by atoms with Crippen LogP contribution in [-0.2, 0) is 11.3 Å². The summed E-state index contributed by atoms with van der Waals surface area (Å²) in [7, 11) is 1.61. The van der Waals surface area contributed by atoms with Gasteiger partial charge >= 0.3 is 0 Å². The van der Waals surface area contributed by atoms with Crippen LogP contribution in [0.4, 0.5) is 0 Å². The third-order valence-corrected chi connectivity index (χ3v) is 3.78. The first-order valence-corrected chi connectivity index (χ1v) is 6.42. The number of halogens is 2. The van der Waals surface area contributed by atoms with E-state index in [0.717, 1.165) is 16.8 Å². The summed E-state index contributed by atoms with van der Waals surface area (Å²) in [6.45, 7) is 2.35. The van der Waals surface area contributed by atoms with E-state index in [4.69, 9.17) is 16.3 Å². The van der Waals surface area contributed by atoms with Gasteiger partial charge in [-0.2, -0.15) is 0 Å². The highest BCUT2D eigenvalue weighted by Crippen LogP contribution is 2.28. The quantitative estimate of drug-likeness (QED) is 0.810. The van der Waals surface area contributed by atoms with Gasteiger partial charge in [0, 0.05) is 25.1 Å². The van der Waals surface area contributed by atoms with E-state index in [0.29, 0.717) is 22.1 Å². The van der Waals surface area contributed by atoms with Crippen LogP contribution in [0, 0.1) is 6.92 Å². The van der Waals surface area contributed by atoms with Gasteiger partial charge in [-0.15, -0.1) is 0 Å². The van der Waals surface area contributed by atoms with Gasteiger partial charge in [0.05, 0.1) is 16.8 Å². The Morgan fingerprint density at radius 3 is 2.83 bits per heavy atom. The van der Waals surface area contributed by atoms with Crippen LogP contribution in [0.2, 0.25) is 5.15 Å². The summed E-state index contributed by atoms with van der Waals surface area (Å²) >= 11 is 9.44. The second kappa shape index (κ2) is 5.73. The number of nitrogens with zero attached hydrogens (tertiary/aromatic N) is 3. The SMILES string of the molecule is COCc1nc(-c2cnccc2C)nc(Cl)c1Br. The average Bonchev–Trinajstić information content (AvgIpc) is 2.35. The van der Waals surface area contributed by atoms with Gasteiger partial charge in [0.25, 0.3) is 0 Å². The summed E-state index contributed by atoms with van der Waals surface area (Å²) in [5, 5.41) is 0.371. The van der Waals surface area contributed by atoms with E-state index in [1.807, 2.05) is 13.0 Å². The van der Waals surface area contributed by atoms with Gasteiger partial charge in [-0.1, -0.05) is 11.6 Å². The van der Waals surface area contributed by atoms with Crippen LogP contribution < -0.4 is 0 Å². The molecule has 6 heteroatoms. The summed E-state index contributed by atoms with van der Waals surface area (Å²) in [6, 6.07) is 1.91. The highest BCUT2D eigenvalue weighted by atomic mass is 79.9. The van der Waals surface area contributed by atoms with E-state index >= 15 is 0 Å². The van der Waals surface area contributed by atoms with E-state index in [9.17, 15) is 0 Å². The van der Waals surface area contributed by atoms with Crippen LogP contribution in [-0.4, -0.2) is 22.1 Å². The van der Waals surface area contributed by atoms with Gasteiger partial charge in [-0.3, -0.25) is 4.98 Å². The molecule has 2 heterocycles. The van der Waals surface area contributed by atoms with E-state index in [-0.39, 0.29) is 0 Å². The lowest BCUT2D eigenvalue weighted by Crippen LogP contribution is -2.01. The molecule has 0 amide bonds. The van der Waals surface area contributed by atoms with Crippen molar-refractivity contribution in [2.45, 2.75) is 13.5 Å². The molecule has 18 heavy (non-hydrogen) atoms. The Morgan fingerprint density at radius 1 is 1.39 bits per heavy atom. The van der Waals surface area contributed by atoms with E-state index in [1.165, 1.54) is 0 Å². The molecule has 0 saturated carbocycles. The summed E-state index contributed by atoms with van der Waals surface area (Å²) in [6.07, 6.45) is 3.46. The lowest BCUT2D eigenvalue weighted by Gasteiger charge is -2.08. The smallest absolute Gasteiger partial charge is 0.163 e. The molecule has 0 saturated heterocycles. The standard InChI is InChI=1S/C12H11BrClN3O/c1-7-3-4-15-5-8(7)12-16-9(6-18-2)10(13)11(14)17-12/h3-5H,6H2,1-2H3. The van der Waals surface area contributed by atoms with E-state index in [1.54, 1.807) is 19.5 Å². The molecule has 0 aliphatic rings. The molecule has 0 unspecified atom stereocenters. The minimum absolute atomic E-state index is 0.370. The zero-order valence-corrected chi connectivity index (χ0v) is 12.3. The summed E-state index contributed by atoms with van der Waals surface area (Å²) < 4.78 is 5.75. The Bertz CT molecular complexity index is 577. The Morgan fingerprint density at radius 2 is 2.17 bits per heavy atom. The second-order valence-corrected chi connectivity index (χ2v) is 4.87. The van der Waals surface area contributed by atoms with Crippen molar-refractivity contribution in [3.8, 4) is 11.4 Å². The van der Waals surface area contributed by atoms with Crippen molar-refractivity contribution in [1.29, 1.82) is 0 Å². The molecule has 2 aromatic heterocycles. The van der Waals surface area contributed by atoms with Crippen molar-refractivity contribution < 1.29 is 4.74 Å². The molecule has 0 spiro atoms. The minimum Gasteiger partial charge on any atom is -0.378 e. The maximum atomic E-state index is 6.08. The predicted molar refractivity (Wildman–Crippen MR) is 73.4 cm³/mol. The lowest BCUT2D eigenvalue weighted by molar-refractivity contribution is 0.181. The molecule has 94 valence electrons. The van der Waals surface area contributed by atoms with Gasteiger partial charge in [0.2, 0.25) is 0 Å². The minimum atomic E-state index is 0.370. The fourth-order valence-electron chi connectivity index (χ4n) is 1.51.